The number of hydrogen-bond donors (Lipinski definition) is 1. The van der Waals surface area contributed by atoms with Crippen LogP contribution in [0.3, 0.4) is 0 Å². The molecular weight excluding hydrogens is 410 g/mol. The third-order valence-electron chi connectivity index (χ3n) is 5.45. The molecule has 0 fully saturated rings. The number of nitrogens with one attached hydrogen (secondary N) is 1. The molecule has 0 saturated carbocycles. The third kappa shape index (κ3) is 4.30. The number of amides is 2. The average molecular weight is 432 g/mol. The van der Waals surface area contributed by atoms with Gasteiger partial charge in [-0.15, -0.1) is 0 Å². The Labute approximate surface area is 185 Å². The minimum absolute atomic E-state index is 0.117. The highest BCUT2D eigenvalue weighted by atomic mass is 19.1. The SMILES string of the molecule is Cc1ccc(C2=C(Nc3cccc(F)c3)C(=O)N(CCc3ccc(F)cc3)C2=O)c(C)c1. The highest BCUT2D eigenvalue weighted by Crippen LogP contribution is 2.32. The first-order valence-electron chi connectivity index (χ1n) is 10.3. The number of carbonyl (C=O) groups is 2. The van der Waals surface area contributed by atoms with E-state index in [1.165, 1.54) is 35.2 Å². The first-order valence-corrected chi connectivity index (χ1v) is 10.3. The van der Waals surface area contributed by atoms with E-state index in [1.54, 1.807) is 18.2 Å². The van der Waals surface area contributed by atoms with Crippen LogP contribution in [-0.4, -0.2) is 23.3 Å². The van der Waals surface area contributed by atoms with Gasteiger partial charge in [0.25, 0.3) is 11.8 Å². The number of imide groups is 1. The van der Waals surface area contributed by atoms with Crippen molar-refractivity contribution in [2.75, 3.05) is 11.9 Å². The molecule has 162 valence electrons. The van der Waals surface area contributed by atoms with Gasteiger partial charge in [-0.05, 0) is 67.3 Å². The second-order valence-corrected chi connectivity index (χ2v) is 7.84. The predicted molar refractivity (Wildman–Crippen MR) is 120 cm³/mol. The molecule has 0 aromatic heterocycles. The molecule has 3 aromatic carbocycles. The normalized spacial score (nSPS) is 13.8. The molecule has 0 saturated heterocycles. The molecule has 1 aliphatic rings. The Morgan fingerprint density at radius 1 is 0.844 bits per heavy atom. The van der Waals surface area contributed by atoms with E-state index in [-0.39, 0.29) is 23.6 Å². The fourth-order valence-electron chi connectivity index (χ4n) is 3.84. The van der Waals surface area contributed by atoms with Crippen molar-refractivity contribution in [1.82, 2.24) is 4.90 Å². The zero-order valence-electron chi connectivity index (χ0n) is 17.8. The van der Waals surface area contributed by atoms with E-state index in [1.807, 2.05) is 32.0 Å². The van der Waals surface area contributed by atoms with Crippen molar-refractivity contribution in [1.29, 1.82) is 0 Å². The largest absolute Gasteiger partial charge is 0.350 e. The molecule has 0 bridgehead atoms. The van der Waals surface area contributed by atoms with Crippen LogP contribution in [0.1, 0.15) is 22.3 Å². The van der Waals surface area contributed by atoms with Crippen LogP contribution in [0.5, 0.6) is 0 Å². The van der Waals surface area contributed by atoms with Gasteiger partial charge in [-0.3, -0.25) is 14.5 Å². The highest BCUT2D eigenvalue weighted by molar-refractivity contribution is 6.36. The molecular formula is C26H22F2N2O2. The quantitative estimate of drug-likeness (QED) is 0.557. The lowest BCUT2D eigenvalue weighted by Gasteiger charge is -2.15. The molecule has 4 rings (SSSR count). The van der Waals surface area contributed by atoms with Crippen LogP contribution in [0.4, 0.5) is 14.5 Å². The molecule has 1 aliphatic heterocycles. The second kappa shape index (κ2) is 8.75. The van der Waals surface area contributed by atoms with E-state index >= 15 is 0 Å². The first-order chi connectivity index (χ1) is 15.3. The summed E-state index contributed by atoms with van der Waals surface area (Å²) < 4.78 is 26.9. The average Bonchev–Trinajstić information content (AvgIpc) is 2.97. The molecule has 0 aliphatic carbocycles. The molecule has 0 atom stereocenters. The number of benzene rings is 3. The van der Waals surface area contributed by atoms with Crippen LogP contribution < -0.4 is 5.32 Å². The van der Waals surface area contributed by atoms with Gasteiger partial charge in [0.2, 0.25) is 0 Å². The standard InChI is InChI=1S/C26H22F2N2O2/c1-16-6-11-22(17(2)14-16)23-24(29-21-5-3-4-20(28)15-21)26(32)30(25(23)31)13-12-18-7-9-19(27)10-8-18/h3-11,14-15,29H,12-13H2,1-2H3. The van der Waals surface area contributed by atoms with E-state index < -0.39 is 17.6 Å². The first kappa shape index (κ1) is 21.4. The number of hydrogen-bond acceptors (Lipinski definition) is 3. The van der Waals surface area contributed by atoms with Crippen LogP contribution in [0.25, 0.3) is 5.57 Å². The predicted octanol–water partition coefficient (Wildman–Crippen LogP) is 5.02. The summed E-state index contributed by atoms with van der Waals surface area (Å²) in [7, 11) is 0. The van der Waals surface area contributed by atoms with Gasteiger partial charge < -0.3 is 5.32 Å². The lowest BCUT2D eigenvalue weighted by atomic mass is 9.97. The molecule has 2 amide bonds. The maximum atomic E-state index is 13.7. The smallest absolute Gasteiger partial charge is 0.278 e. The van der Waals surface area contributed by atoms with Crippen molar-refractivity contribution in [3.05, 3.63) is 106 Å². The van der Waals surface area contributed by atoms with Crippen LogP contribution in [0, 0.1) is 25.5 Å². The van der Waals surface area contributed by atoms with Gasteiger partial charge in [0.15, 0.2) is 0 Å². The maximum absolute atomic E-state index is 13.7. The zero-order valence-corrected chi connectivity index (χ0v) is 17.8. The fraction of sp³-hybridized carbons (Fsp3) is 0.154. The molecule has 1 N–H and O–H groups in total. The minimum Gasteiger partial charge on any atom is -0.350 e. The molecule has 6 heteroatoms. The van der Waals surface area contributed by atoms with Crippen molar-refractivity contribution in [2.45, 2.75) is 20.3 Å². The summed E-state index contributed by atoms with van der Waals surface area (Å²) in [6.45, 7) is 3.98. The highest BCUT2D eigenvalue weighted by Gasteiger charge is 2.39. The summed E-state index contributed by atoms with van der Waals surface area (Å²) in [5.41, 5.74) is 4.12. The summed E-state index contributed by atoms with van der Waals surface area (Å²) in [5.74, 6) is -1.68. The molecule has 1 heterocycles. The van der Waals surface area contributed by atoms with Gasteiger partial charge >= 0.3 is 0 Å². The summed E-state index contributed by atoms with van der Waals surface area (Å²) in [5, 5.41) is 2.97. The number of rotatable bonds is 6. The molecule has 0 spiro atoms. The fourth-order valence-corrected chi connectivity index (χ4v) is 3.84. The van der Waals surface area contributed by atoms with Crippen molar-refractivity contribution in [3.63, 3.8) is 0 Å². The number of anilines is 1. The zero-order chi connectivity index (χ0) is 22.8. The minimum atomic E-state index is -0.476. The Hall–Kier alpha value is -3.80. The third-order valence-corrected chi connectivity index (χ3v) is 5.45. The number of halogens is 2. The van der Waals surface area contributed by atoms with Gasteiger partial charge in [0, 0.05) is 12.2 Å². The van der Waals surface area contributed by atoms with Crippen molar-refractivity contribution < 1.29 is 18.4 Å². The summed E-state index contributed by atoms with van der Waals surface area (Å²) in [6, 6.07) is 17.3. The molecule has 3 aromatic rings. The Morgan fingerprint density at radius 2 is 1.59 bits per heavy atom. The number of aryl methyl sites for hydroxylation is 2. The molecule has 0 unspecified atom stereocenters. The van der Waals surface area contributed by atoms with Crippen LogP contribution >= 0.6 is 0 Å². The lowest BCUT2D eigenvalue weighted by Crippen LogP contribution is -2.34. The van der Waals surface area contributed by atoms with Gasteiger partial charge in [-0.2, -0.15) is 0 Å². The van der Waals surface area contributed by atoms with E-state index in [0.717, 1.165) is 16.7 Å². The molecule has 0 radical (unpaired) electrons. The van der Waals surface area contributed by atoms with Crippen molar-refractivity contribution >= 4 is 23.1 Å². The molecule has 4 nitrogen and oxygen atoms in total. The second-order valence-electron chi connectivity index (χ2n) is 7.84. The summed E-state index contributed by atoms with van der Waals surface area (Å²) in [6.07, 6.45) is 0.394. The monoisotopic (exact) mass is 432 g/mol. The Kier molecular flexibility index (Phi) is 5.86. The Balaban J connectivity index is 1.69. The van der Waals surface area contributed by atoms with Crippen molar-refractivity contribution in [2.24, 2.45) is 0 Å². The van der Waals surface area contributed by atoms with Gasteiger partial charge in [0.05, 0.1) is 5.57 Å². The Morgan fingerprint density at radius 3 is 2.28 bits per heavy atom. The van der Waals surface area contributed by atoms with Gasteiger partial charge in [-0.25, -0.2) is 8.78 Å². The summed E-state index contributed by atoms with van der Waals surface area (Å²) >= 11 is 0. The molecule has 32 heavy (non-hydrogen) atoms. The van der Waals surface area contributed by atoms with E-state index in [9.17, 15) is 18.4 Å². The van der Waals surface area contributed by atoms with E-state index in [4.69, 9.17) is 0 Å². The van der Waals surface area contributed by atoms with Crippen LogP contribution in [0.15, 0.2) is 72.4 Å². The maximum Gasteiger partial charge on any atom is 0.278 e. The van der Waals surface area contributed by atoms with Gasteiger partial charge in [-0.1, -0.05) is 42.0 Å². The number of nitrogens with zero attached hydrogens (tertiary/aromatic N) is 1. The van der Waals surface area contributed by atoms with Crippen LogP contribution in [-0.2, 0) is 16.0 Å². The Bertz CT molecular complexity index is 1230. The number of carbonyl (C=O) groups excluding carboxylic acids is 2. The van der Waals surface area contributed by atoms with Gasteiger partial charge in [0.1, 0.15) is 17.3 Å². The topological polar surface area (TPSA) is 49.4 Å². The van der Waals surface area contributed by atoms with Crippen LogP contribution in [0.2, 0.25) is 0 Å². The van der Waals surface area contributed by atoms with E-state index in [2.05, 4.69) is 5.32 Å². The van der Waals surface area contributed by atoms with Crippen molar-refractivity contribution in [3.8, 4) is 0 Å². The lowest BCUT2D eigenvalue weighted by molar-refractivity contribution is -0.136. The van der Waals surface area contributed by atoms with E-state index in [0.29, 0.717) is 17.7 Å². The summed E-state index contributed by atoms with van der Waals surface area (Å²) in [4.78, 5) is 27.8.